The summed E-state index contributed by atoms with van der Waals surface area (Å²) in [6, 6.07) is 21.7. The maximum absolute atomic E-state index is 13.9. The van der Waals surface area contributed by atoms with E-state index in [1.54, 1.807) is 48.5 Å². The van der Waals surface area contributed by atoms with Crippen molar-refractivity contribution >= 4 is 46.9 Å². The highest BCUT2D eigenvalue weighted by Gasteiger charge is 2.31. The number of benzene rings is 3. The van der Waals surface area contributed by atoms with Crippen LogP contribution < -0.4 is 10.6 Å². The Morgan fingerprint density at radius 1 is 0.778 bits per heavy atom. The molecule has 0 atom stereocenters. The average Bonchev–Trinajstić information content (AvgIpc) is 3.10. The topological polar surface area (TPSA) is 38.7 Å². The van der Waals surface area contributed by atoms with E-state index in [4.69, 9.17) is 27.8 Å². The van der Waals surface area contributed by atoms with Gasteiger partial charge in [-0.3, -0.25) is 4.57 Å². The quantitative estimate of drug-likeness (QED) is 0.411. The van der Waals surface area contributed by atoms with Crippen LogP contribution in [0.25, 0.3) is 0 Å². The molecule has 0 unspecified atom stereocenters. The predicted molar refractivity (Wildman–Crippen MR) is 112 cm³/mol. The zero-order chi connectivity index (χ0) is 18.9. The van der Waals surface area contributed by atoms with Crippen molar-refractivity contribution in [1.82, 2.24) is 0 Å². The van der Waals surface area contributed by atoms with E-state index < -0.39 is 7.37 Å². The first-order valence-corrected chi connectivity index (χ1v) is 10.9. The van der Waals surface area contributed by atoms with Crippen molar-refractivity contribution in [2.24, 2.45) is 5.16 Å². The van der Waals surface area contributed by atoms with E-state index in [-0.39, 0.29) is 0 Å². The molecule has 6 heteroatoms. The van der Waals surface area contributed by atoms with Crippen molar-refractivity contribution in [2.45, 2.75) is 12.8 Å². The van der Waals surface area contributed by atoms with E-state index in [9.17, 15) is 4.57 Å². The molecule has 0 fully saturated rings. The SMILES string of the molecule is O=P(O/N=C1\CCc2ccccc21)(c1ccc(Cl)cc1)c1ccc(Cl)cc1. The molecule has 4 rings (SSSR count). The van der Waals surface area contributed by atoms with Crippen LogP contribution in [0.2, 0.25) is 10.0 Å². The maximum atomic E-state index is 13.9. The van der Waals surface area contributed by atoms with Gasteiger partial charge in [-0.15, -0.1) is 0 Å². The fraction of sp³-hybridized carbons (Fsp3) is 0.0952. The average molecular weight is 416 g/mol. The van der Waals surface area contributed by atoms with Crippen LogP contribution >= 0.6 is 30.6 Å². The van der Waals surface area contributed by atoms with Crippen LogP contribution in [0.5, 0.6) is 0 Å². The van der Waals surface area contributed by atoms with E-state index >= 15 is 0 Å². The number of rotatable bonds is 4. The smallest absolute Gasteiger partial charge is 0.330 e. The summed E-state index contributed by atoms with van der Waals surface area (Å²) in [6.45, 7) is 0. The number of fused-ring (bicyclic) bond motifs is 1. The normalized spacial score (nSPS) is 15.0. The number of hydrogen-bond donors (Lipinski definition) is 0. The summed E-state index contributed by atoms with van der Waals surface area (Å²) in [4.78, 5) is 0. The number of nitrogens with zero attached hydrogens (tertiary/aromatic N) is 1. The lowest BCUT2D eigenvalue weighted by Gasteiger charge is -2.17. The van der Waals surface area contributed by atoms with Crippen LogP contribution in [0.3, 0.4) is 0 Å². The van der Waals surface area contributed by atoms with E-state index in [2.05, 4.69) is 11.2 Å². The van der Waals surface area contributed by atoms with Gasteiger partial charge >= 0.3 is 7.37 Å². The molecule has 0 saturated heterocycles. The van der Waals surface area contributed by atoms with Gasteiger partial charge in [-0.1, -0.05) is 52.6 Å². The van der Waals surface area contributed by atoms with Crippen LogP contribution in [-0.2, 0) is 15.6 Å². The molecule has 3 nitrogen and oxygen atoms in total. The van der Waals surface area contributed by atoms with Crippen molar-refractivity contribution in [2.75, 3.05) is 0 Å². The van der Waals surface area contributed by atoms with Gasteiger partial charge in [-0.25, -0.2) is 0 Å². The number of hydrogen-bond acceptors (Lipinski definition) is 3. The Labute approximate surface area is 168 Å². The van der Waals surface area contributed by atoms with Crippen LogP contribution in [0, 0.1) is 0 Å². The van der Waals surface area contributed by atoms with Crippen molar-refractivity contribution in [3.63, 3.8) is 0 Å². The second-order valence-corrected chi connectivity index (χ2v) is 9.45. The summed E-state index contributed by atoms with van der Waals surface area (Å²) in [6.07, 6.45) is 1.67. The van der Waals surface area contributed by atoms with E-state index in [1.807, 2.05) is 18.2 Å². The van der Waals surface area contributed by atoms with E-state index in [0.717, 1.165) is 24.1 Å². The Morgan fingerprint density at radius 3 is 1.93 bits per heavy atom. The van der Waals surface area contributed by atoms with Crippen LogP contribution in [0.15, 0.2) is 78.0 Å². The summed E-state index contributed by atoms with van der Waals surface area (Å²) in [5, 5.41) is 6.52. The summed E-state index contributed by atoms with van der Waals surface area (Å²) in [5.74, 6) is 0. The molecule has 0 amide bonds. The Balaban J connectivity index is 1.75. The molecule has 0 spiro atoms. The fourth-order valence-corrected chi connectivity index (χ4v) is 5.16. The van der Waals surface area contributed by atoms with Gasteiger partial charge in [0, 0.05) is 15.6 Å². The van der Waals surface area contributed by atoms with Gasteiger partial charge < -0.3 is 4.62 Å². The standard InChI is InChI=1S/C21H16Cl2NO2P/c22-16-6-10-18(11-7-16)27(25,19-12-8-17(23)9-13-19)26-24-21-14-5-15-3-1-2-4-20(15)21/h1-4,6-13H,5,14H2/b24-21+. The Morgan fingerprint density at radius 2 is 1.33 bits per heavy atom. The van der Waals surface area contributed by atoms with Gasteiger partial charge in [0.2, 0.25) is 0 Å². The molecule has 3 aromatic rings. The second kappa shape index (κ2) is 7.52. The minimum atomic E-state index is -3.43. The van der Waals surface area contributed by atoms with Crippen LogP contribution in [0.1, 0.15) is 17.5 Å². The first kappa shape index (κ1) is 18.3. The highest BCUT2D eigenvalue weighted by molar-refractivity contribution is 7.74. The molecule has 1 aliphatic carbocycles. The molecule has 0 N–H and O–H groups in total. The molecule has 0 radical (unpaired) electrons. The van der Waals surface area contributed by atoms with Gasteiger partial charge in [-0.2, -0.15) is 0 Å². The van der Waals surface area contributed by atoms with E-state index in [0.29, 0.717) is 20.7 Å². The molecule has 136 valence electrons. The lowest BCUT2D eigenvalue weighted by molar-refractivity contribution is 0.348. The van der Waals surface area contributed by atoms with Gasteiger partial charge in [-0.05, 0) is 66.9 Å². The predicted octanol–water partition coefficient (Wildman–Crippen LogP) is 5.59. The third-order valence-electron chi connectivity index (χ3n) is 4.56. The molecule has 27 heavy (non-hydrogen) atoms. The maximum Gasteiger partial charge on any atom is 0.330 e. The number of halogens is 2. The molecule has 0 bridgehead atoms. The zero-order valence-electron chi connectivity index (χ0n) is 14.3. The van der Waals surface area contributed by atoms with Gasteiger partial charge in [0.25, 0.3) is 0 Å². The van der Waals surface area contributed by atoms with Gasteiger partial charge in [0.1, 0.15) is 0 Å². The minimum Gasteiger partial charge on any atom is -0.330 e. The lowest BCUT2D eigenvalue weighted by Crippen LogP contribution is -2.17. The van der Waals surface area contributed by atoms with Crippen molar-refractivity contribution in [3.05, 3.63) is 94.0 Å². The first-order valence-electron chi connectivity index (χ1n) is 8.52. The first-order chi connectivity index (χ1) is 13.1. The Bertz CT molecular complexity index is 997. The van der Waals surface area contributed by atoms with Crippen LogP contribution in [-0.4, -0.2) is 5.71 Å². The second-order valence-electron chi connectivity index (χ2n) is 6.28. The molecule has 0 aliphatic heterocycles. The lowest BCUT2D eigenvalue weighted by atomic mass is 10.1. The van der Waals surface area contributed by atoms with Gasteiger partial charge in [0.15, 0.2) is 0 Å². The summed E-state index contributed by atoms with van der Waals surface area (Å²) < 4.78 is 19.7. The van der Waals surface area contributed by atoms with Gasteiger partial charge in [0.05, 0.1) is 16.3 Å². The fourth-order valence-electron chi connectivity index (χ4n) is 3.13. The molecule has 3 aromatic carbocycles. The van der Waals surface area contributed by atoms with E-state index in [1.165, 1.54) is 5.56 Å². The third-order valence-corrected chi connectivity index (χ3v) is 7.33. The minimum absolute atomic E-state index is 0.532. The molecule has 0 aromatic heterocycles. The molecular weight excluding hydrogens is 400 g/mol. The largest absolute Gasteiger partial charge is 0.330 e. The molecule has 1 aliphatic rings. The zero-order valence-corrected chi connectivity index (χ0v) is 16.7. The van der Waals surface area contributed by atoms with Crippen LogP contribution in [0.4, 0.5) is 0 Å². The summed E-state index contributed by atoms with van der Waals surface area (Å²) >= 11 is 12.0. The molecule has 0 saturated carbocycles. The summed E-state index contributed by atoms with van der Waals surface area (Å²) in [5.41, 5.74) is 3.10. The highest BCUT2D eigenvalue weighted by Crippen LogP contribution is 2.45. The van der Waals surface area contributed by atoms with Crippen molar-refractivity contribution in [1.29, 1.82) is 0 Å². The summed E-state index contributed by atoms with van der Waals surface area (Å²) in [7, 11) is -3.43. The Hall–Kier alpha value is -2.06. The Kier molecular flexibility index (Phi) is 5.10. The number of oxime groups is 1. The van der Waals surface area contributed by atoms with Crippen molar-refractivity contribution in [3.8, 4) is 0 Å². The van der Waals surface area contributed by atoms with Crippen molar-refractivity contribution < 1.29 is 9.19 Å². The molecular formula is C21H16Cl2NO2P. The highest BCUT2D eigenvalue weighted by atomic mass is 35.5. The molecule has 0 heterocycles. The third kappa shape index (κ3) is 3.68. The number of aryl methyl sites for hydroxylation is 1. The monoisotopic (exact) mass is 415 g/mol.